The summed E-state index contributed by atoms with van der Waals surface area (Å²) in [6.45, 7) is 1.45. The van der Waals surface area contributed by atoms with Crippen LogP contribution in [0.25, 0.3) is 0 Å². The number of aliphatic hydroxyl groups is 5. The van der Waals surface area contributed by atoms with E-state index in [-0.39, 0.29) is 22.6 Å². The van der Waals surface area contributed by atoms with Crippen LogP contribution in [0, 0.1) is 6.92 Å². The van der Waals surface area contributed by atoms with Crippen molar-refractivity contribution >= 4 is 11.6 Å². The van der Waals surface area contributed by atoms with Gasteiger partial charge in [0.05, 0.1) is 18.8 Å². The Morgan fingerprint density at radius 3 is 2.41 bits per heavy atom. The maximum Gasteiger partial charge on any atom is 0.218 e. The van der Waals surface area contributed by atoms with E-state index in [9.17, 15) is 25.5 Å². The molecule has 1 aliphatic rings. The van der Waals surface area contributed by atoms with E-state index in [0.29, 0.717) is 5.56 Å². The summed E-state index contributed by atoms with van der Waals surface area (Å²) in [5.74, 6) is -2.32. The topological polar surface area (TPSA) is 110 Å². The first kappa shape index (κ1) is 20.2. The molecule has 5 N–H and O–H groups in total. The highest BCUT2D eigenvalue weighted by Gasteiger charge is 2.38. The molecule has 2 aromatic carbocycles. The van der Waals surface area contributed by atoms with Gasteiger partial charge in [-0.2, -0.15) is 0 Å². The lowest BCUT2D eigenvalue weighted by Crippen LogP contribution is -2.47. The third kappa shape index (κ3) is 4.02. The summed E-state index contributed by atoms with van der Waals surface area (Å²) in [5.41, 5.74) is 1.88. The standard InChI is InChI=1S/C20H23ClO6/c1-11-2-5-13(6-3-11)20(25,26)14-8-12(4-7-15(14)21)17-9-16(23)19(24)18(10-22)27-17/h2-8,16-19,22-26H,9-10H2,1H3. The van der Waals surface area contributed by atoms with Crippen LogP contribution in [-0.2, 0) is 10.5 Å². The molecule has 2 aromatic rings. The van der Waals surface area contributed by atoms with Crippen molar-refractivity contribution in [2.24, 2.45) is 0 Å². The van der Waals surface area contributed by atoms with E-state index in [4.69, 9.17) is 16.3 Å². The zero-order valence-electron chi connectivity index (χ0n) is 14.8. The largest absolute Gasteiger partial charge is 0.394 e. The Labute approximate surface area is 162 Å². The first-order chi connectivity index (χ1) is 12.7. The van der Waals surface area contributed by atoms with Crippen molar-refractivity contribution in [2.75, 3.05) is 6.61 Å². The van der Waals surface area contributed by atoms with E-state index in [1.807, 2.05) is 6.92 Å². The first-order valence-electron chi connectivity index (χ1n) is 8.68. The van der Waals surface area contributed by atoms with Crippen LogP contribution in [0.5, 0.6) is 0 Å². The summed E-state index contributed by atoms with van der Waals surface area (Å²) in [5, 5.41) is 50.9. The Hall–Kier alpha value is -1.51. The van der Waals surface area contributed by atoms with Crippen molar-refractivity contribution < 1.29 is 30.3 Å². The highest BCUT2D eigenvalue weighted by Crippen LogP contribution is 2.37. The van der Waals surface area contributed by atoms with Gasteiger partial charge in [-0.3, -0.25) is 0 Å². The lowest BCUT2D eigenvalue weighted by Gasteiger charge is -2.37. The van der Waals surface area contributed by atoms with Crippen LogP contribution in [0.2, 0.25) is 5.02 Å². The van der Waals surface area contributed by atoms with Crippen LogP contribution in [0.3, 0.4) is 0 Å². The molecule has 146 valence electrons. The van der Waals surface area contributed by atoms with Gasteiger partial charge in [0.1, 0.15) is 12.2 Å². The lowest BCUT2D eigenvalue weighted by atomic mass is 9.90. The molecule has 1 aliphatic heterocycles. The summed E-state index contributed by atoms with van der Waals surface area (Å²) in [6, 6.07) is 11.4. The van der Waals surface area contributed by atoms with Crippen LogP contribution >= 0.6 is 11.6 Å². The van der Waals surface area contributed by atoms with Gasteiger partial charge in [-0.25, -0.2) is 0 Å². The number of hydrogen-bond acceptors (Lipinski definition) is 6. The second-order valence-electron chi connectivity index (χ2n) is 6.92. The molecule has 0 radical (unpaired) electrons. The van der Waals surface area contributed by atoms with Crippen LogP contribution < -0.4 is 0 Å². The highest BCUT2D eigenvalue weighted by molar-refractivity contribution is 6.31. The van der Waals surface area contributed by atoms with Gasteiger partial charge < -0.3 is 30.3 Å². The molecular weight excluding hydrogens is 372 g/mol. The summed E-state index contributed by atoms with van der Waals surface area (Å²) < 4.78 is 5.67. The minimum atomic E-state index is -2.32. The molecule has 1 heterocycles. The monoisotopic (exact) mass is 394 g/mol. The smallest absolute Gasteiger partial charge is 0.218 e. The average Bonchev–Trinajstić information content (AvgIpc) is 2.64. The third-order valence-corrected chi connectivity index (χ3v) is 5.27. The fraction of sp³-hybridized carbons (Fsp3) is 0.400. The van der Waals surface area contributed by atoms with E-state index in [0.717, 1.165) is 5.56 Å². The molecular formula is C20H23ClO6. The number of rotatable bonds is 4. The minimum Gasteiger partial charge on any atom is -0.394 e. The number of hydrogen-bond donors (Lipinski definition) is 5. The Morgan fingerprint density at radius 1 is 1.11 bits per heavy atom. The predicted molar refractivity (Wildman–Crippen MR) is 99.2 cm³/mol. The van der Waals surface area contributed by atoms with Crippen LogP contribution in [0.4, 0.5) is 0 Å². The molecule has 4 atom stereocenters. The molecule has 3 rings (SSSR count). The number of aryl methyl sites for hydroxylation is 1. The summed E-state index contributed by atoms with van der Waals surface area (Å²) in [4.78, 5) is 0. The number of aliphatic hydroxyl groups excluding tert-OH is 3. The molecule has 6 nitrogen and oxygen atoms in total. The average molecular weight is 395 g/mol. The van der Waals surface area contributed by atoms with E-state index in [1.54, 1.807) is 30.3 Å². The molecule has 1 saturated heterocycles. The lowest BCUT2D eigenvalue weighted by molar-refractivity contribution is -0.181. The predicted octanol–water partition coefficient (Wildman–Crippen LogP) is 1.38. The molecule has 0 bridgehead atoms. The van der Waals surface area contributed by atoms with Crippen molar-refractivity contribution in [1.29, 1.82) is 0 Å². The Kier molecular flexibility index (Phi) is 5.88. The van der Waals surface area contributed by atoms with Gasteiger partial charge in [-0.1, -0.05) is 47.5 Å². The van der Waals surface area contributed by atoms with Crippen LogP contribution in [-0.4, -0.2) is 50.5 Å². The Morgan fingerprint density at radius 2 is 1.78 bits per heavy atom. The van der Waals surface area contributed by atoms with Gasteiger partial charge in [-0.05, 0) is 24.6 Å². The summed E-state index contributed by atoms with van der Waals surface area (Å²) >= 11 is 6.22. The first-order valence-corrected chi connectivity index (χ1v) is 9.06. The maximum atomic E-state index is 10.7. The molecule has 27 heavy (non-hydrogen) atoms. The van der Waals surface area contributed by atoms with Crippen molar-refractivity contribution in [1.82, 2.24) is 0 Å². The minimum absolute atomic E-state index is 0.0790. The van der Waals surface area contributed by atoms with Crippen LogP contribution in [0.15, 0.2) is 42.5 Å². The second-order valence-corrected chi connectivity index (χ2v) is 7.32. The molecule has 0 aromatic heterocycles. The highest BCUT2D eigenvalue weighted by atomic mass is 35.5. The van der Waals surface area contributed by atoms with Gasteiger partial charge in [0.25, 0.3) is 0 Å². The van der Waals surface area contributed by atoms with Gasteiger partial charge >= 0.3 is 0 Å². The quantitative estimate of drug-likeness (QED) is 0.501. The van der Waals surface area contributed by atoms with E-state index in [1.165, 1.54) is 12.1 Å². The zero-order valence-corrected chi connectivity index (χ0v) is 15.5. The molecule has 0 saturated carbocycles. The van der Waals surface area contributed by atoms with Crippen LogP contribution in [0.1, 0.15) is 34.8 Å². The van der Waals surface area contributed by atoms with Gasteiger partial charge in [0, 0.05) is 22.6 Å². The van der Waals surface area contributed by atoms with Gasteiger partial charge in [0.2, 0.25) is 5.79 Å². The van der Waals surface area contributed by atoms with E-state index >= 15 is 0 Å². The van der Waals surface area contributed by atoms with Gasteiger partial charge in [0.15, 0.2) is 0 Å². The fourth-order valence-electron chi connectivity index (χ4n) is 3.27. The Balaban J connectivity index is 1.96. The zero-order chi connectivity index (χ0) is 19.8. The number of benzene rings is 2. The summed E-state index contributed by atoms with van der Waals surface area (Å²) in [7, 11) is 0. The normalized spacial score (nSPS) is 26.2. The third-order valence-electron chi connectivity index (χ3n) is 4.94. The molecule has 0 aliphatic carbocycles. The van der Waals surface area contributed by atoms with Crippen molar-refractivity contribution in [2.45, 2.75) is 43.5 Å². The van der Waals surface area contributed by atoms with Crippen molar-refractivity contribution in [3.05, 3.63) is 69.7 Å². The number of ether oxygens (including phenoxy) is 1. The van der Waals surface area contributed by atoms with Crippen molar-refractivity contribution in [3.63, 3.8) is 0 Å². The molecule has 7 heteroatoms. The molecule has 0 spiro atoms. The van der Waals surface area contributed by atoms with E-state index < -0.39 is 36.8 Å². The molecule has 1 fully saturated rings. The number of halogens is 1. The SMILES string of the molecule is Cc1ccc(C(O)(O)c2cc(C3CC(O)C(O)C(CO)O3)ccc2Cl)cc1. The fourth-order valence-corrected chi connectivity index (χ4v) is 3.52. The van der Waals surface area contributed by atoms with E-state index in [2.05, 4.69) is 0 Å². The van der Waals surface area contributed by atoms with Crippen molar-refractivity contribution in [3.8, 4) is 0 Å². The maximum absolute atomic E-state index is 10.7. The molecule has 4 unspecified atom stereocenters. The second kappa shape index (κ2) is 7.85. The van der Waals surface area contributed by atoms with Gasteiger partial charge in [-0.15, -0.1) is 0 Å². The Bertz CT molecular complexity index is 792. The summed E-state index contributed by atoms with van der Waals surface area (Å²) in [6.07, 6.45) is -3.70. The molecule has 0 amide bonds.